The van der Waals surface area contributed by atoms with Crippen molar-refractivity contribution in [3.05, 3.63) is 55.6 Å². The van der Waals surface area contributed by atoms with E-state index in [1.165, 1.54) is 6.92 Å². The molecule has 2 N–H and O–H groups in total. The Balaban J connectivity index is 3.14. The predicted molar refractivity (Wildman–Crippen MR) is 98.5 cm³/mol. The highest BCUT2D eigenvalue weighted by atomic mass is 32.2. The predicted octanol–water partition coefficient (Wildman–Crippen LogP) is 1.58. The standard InChI is InChI=1S/C15H12F4N4O4S2/c1-3-6-7(13(20)28)4-8(16)12(11(6)21-29(26)27)23-10(24)5-9(15(17,18)19)22(2)14(23)25/h4-5H,3H2,1-2H3,(H2,20,28). The number of nitrogens with zero attached hydrogens (tertiary/aromatic N) is 3. The molecule has 0 fully saturated rings. The number of hydrogen-bond acceptors (Lipinski definition) is 6. The highest BCUT2D eigenvalue weighted by molar-refractivity contribution is 7.80. The normalized spacial score (nSPS) is 11.4. The van der Waals surface area contributed by atoms with Gasteiger partial charge >= 0.3 is 22.4 Å². The first-order valence-corrected chi connectivity index (χ1v) is 9.12. The van der Waals surface area contributed by atoms with Crippen molar-refractivity contribution in [3.8, 4) is 5.69 Å². The molecule has 29 heavy (non-hydrogen) atoms. The second kappa shape index (κ2) is 7.87. The maximum Gasteiger partial charge on any atom is 0.431 e. The summed E-state index contributed by atoms with van der Waals surface area (Å²) in [5.41, 5.74) is -0.829. The van der Waals surface area contributed by atoms with E-state index in [-0.39, 0.29) is 37.7 Å². The van der Waals surface area contributed by atoms with Gasteiger partial charge in [-0.3, -0.25) is 9.36 Å². The van der Waals surface area contributed by atoms with Crippen LogP contribution in [0.1, 0.15) is 23.7 Å². The summed E-state index contributed by atoms with van der Waals surface area (Å²) in [4.78, 5) is 24.5. The molecule has 1 heterocycles. The quantitative estimate of drug-likeness (QED) is 0.556. The highest BCUT2D eigenvalue weighted by Crippen LogP contribution is 2.33. The van der Waals surface area contributed by atoms with Crippen LogP contribution >= 0.6 is 12.2 Å². The van der Waals surface area contributed by atoms with E-state index in [0.717, 1.165) is 13.1 Å². The van der Waals surface area contributed by atoms with Crippen molar-refractivity contribution in [1.29, 1.82) is 0 Å². The SMILES string of the molecule is CCc1c(C(N)=S)cc(F)c(-n2c(=O)cc(C(F)(F)F)n(C)c2=O)c1N=S(=O)=O. The van der Waals surface area contributed by atoms with Gasteiger partial charge in [0.25, 0.3) is 5.56 Å². The largest absolute Gasteiger partial charge is 0.431 e. The van der Waals surface area contributed by atoms with Gasteiger partial charge in [-0.05, 0) is 18.1 Å². The first kappa shape index (κ1) is 22.4. The van der Waals surface area contributed by atoms with E-state index in [4.69, 9.17) is 18.0 Å². The summed E-state index contributed by atoms with van der Waals surface area (Å²) in [6.45, 7) is 1.51. The van der Waals surface area contributed by atoms with E-state index in [9.17, 15) is 35.6 Å². The second-order valence-corrected chi connectivity index (χ2v) is 6.71. The van der Waals surface area contributed by atoms with Crippen molar-refractivity contribution in [3.63, 3.8) is 0 Å². The zero-order valence-corrected chi connectivity index (χ0v) is 16.4. The van der Waals surface area contributed by atoms with Gasteiger partial charge in [-0.15, -0.1) is 4.36 Å². The number of alkyl halides is 3. The zero-order valence-electron chi connectivity index (χ0n) is 14.7. The Bertz CT molecular complexity index is 1270. The van der Waals surface area contributed by atoms with Crippen LogP contribution in [0.3, 0.4) is 0 Å². The topological polar surface area (TPSA) is 117 Å². The van der Waals surface area contributed by atoms with Gasteiger partial charge in [-0.25, -0.2) is 13.8 Å². The number of aromatic nitrogens is 2. The van der Waals surface area contributed by atoms with Gasteiger partial charge in [-0.1, -0.05) is 19.1 Å². The summed E-state index contributed by atoms with van der Waals surface area (Å²) in [6, 6.07) is 0.846. The highest BCUT2D eigenvalue weighted by Gasteiger charge is 2.35. The van der Waals surface area contributed by atoms with E-state index in [1.54, 1.807) is 0 Å². The van der Waals surface area contributed by atoms with Gasteiger partial charge in [0.2, 0.25) is 0 Å². The van der Waals surface area contributed by atoms with E-state index in [2.05, 4.69) is 4.36 Å². The Morgan fingerprint density at radius 1 is 1.28 bits per heavy atom. The molecule has 1 aromatic carbocycles. The fraction of sp³-hybridized carbons (Fsp3) is 0.267. The number of hydrogen-bond donors (Lipinski definition) is 1. The van der Waals surface area contributed by atoms with E-state index >= 15 is 0 Å². The van der Waals surface area contributed by atoms with Gasteiger partial charge in [0.1, 0.15) is 27.9 Å². The molecule has 0 radical (unpaired) electrons. The van der Waals surface area contributed by atoms with Crippen LogP contribution in [0.2, 0.25) is 0 Å². The first-order valence-electron chi connectivity index (χ1n) is 7.68. The summed E-state index contributed by atoms with van der Waals surface area (Å²) in [5, 5.41) is 0. The van der Waals surface area contributed by atoms with Crippen LogP contribution in [0.25, 0.3) is 5.69 Å². The van der Waals surface area contributed by atoms with Crippen molar-refractivity contribution in [2.24, 2.45) is 17.1 Å². The Labute approximate surface area is 166 Å². The summed E-state index contributed by atoms with van der Waals surface area (Å²) in [6.07, 6.45) is -5.02. The van der Waals surface area contributed by atoms with Crippen LogP contribution in [-0.4, -0.2) is 22.5 Å². The maximum atomic E-state index is 14.8. The molecule has 0 amide bonds. The van der Waals surface area contributed by atoms with Crippen LogP contribution in [0.4, 0.5) is 23.2 Å². The molecule has 0 saturated carbocycles. The van der Waals surface area contributed by atoms with Crippen LogP contribution in [-0.2, 0) is 30.1 Å². The van der Waals surface area contributed by atoms with Gasteiger partial charge in [-0.2, -0.15) is 21.6 Å². The van der Waals surface area contributed by atoms with Gasteiger partial charge in [0, 0.05) is 18.7 Å². The average molecular weight is 452 g/mol. The van der Waals surface area contributed by atoms with E-state index in [0.29, 0.717) is 0 Å². The summed E-state index contributed by atoms with van der Waals surface area (Å²) in [7, 11) is -2.43. The average Bonchev–Trinajstić information content (AvgIpc) is 2.58. The number of nitrogens with two attached hydrogens (primary N) is 1. The Kier molecular flexibility index (Phi) is 6.08. The third-order valence-corrected chi connectivity index (χ3v) is 4.50. The van der Waals surface area contributed by atoms with E-state index in [1.807, 2.05) is 0 Å². The molecule has 0 unspecified atom stereocenters. The molecule has 0 aliphatic rings. The minimum Gasteiger partial charge on any atom is -0.389 e. The molecule has 0 spiro atoms. The third-order valence-electron chi connectivity index (χ3n) is 3.95. The monoisotopic (exact) mass is 452 g/mol. The Morgan fingerprint density at radius 3 is 2.31 bits per heavy atom. The zero-order chi connectivity index (χ0) is 22.3. The molecule has 0 atom stereocenters. The summed E-state index contributed by atoms with van der Waals surface area (Å²) >= 11 is 4.80. The molecule has 156 valence electrons. The minimum atomic E-state index is -5.03. The van der Waals surface area contributed by atoms with Crippen LogP contribution < -0.4 is 17.0 Å². The van der Waals surface area contributed by atoms with Crippen molar-refractivity contribution >= 4 is 33.4 Å². The number of rotatable bonds is 4. The lowest BCUT2D eigenvalue weighted by atomic mass is 10.0. The van der Waals surface area contributed by atoms with Gasteiger partial charge in [0.05, 0.1) is 0 Å². The molecule has 2 aromatic rings. The van der Waals surface area contributed by atoms with Crippen LogP contribution in [0.5, 0.6) is 0 Å². The molecule has 0 aliphatic carbocycles. The van der Waals surface area contributed by atoms with Crippen LogP contribution in [0.15, 0.2) is 26.1 Å². The minimum absolute atomic E-state index is 0.00564. The molecule has 1 aromatic heterocycles. The fourth-order valence-electron chi connectivity index (χ4n) is 2.73. The Morgan fingerprint density at radius 2 is 1.86 bits per heavy atom. The molecule has 0 bridgehead atoms. The lowest BCUT2D eigenvalue weighted by molar-refractivity contribution is -0.144. The molecule has 0 saturated heterocycles. The first-order chi connectivity index (χ1) is 13.3. The molecular formula is C15H12F4N4O4S2. The molecule has 2 rings (SSSR count). The maximum absolute atomic E-state index is 14.8. The fourth-order valence-corrected chi connectivity index (χ4v) is 3.26. The summed E-state index contributed by atoms with van der Waals surface area (Å²) < 4.78 is 79.6. The lowest BCUT2D eigenvalue weighted by Gasteiger charge is -2.18. The second-order valence-electron chi connectivity index (χ2n) is 5.65. The van der Waals surface area contributed by atoms with Crippen molar-refractivity contribution in [2.45, 2.75) is 19.5 Å². The van der Waals surface area contributed by atoms with E-state index < -0.39 is 50.8 Å². The number of benzene rings is 1. The van der Waals surface area contributed by atoms with Gasteiger partial charge in [0.15, 0.2) is 0 Å². The number of halogens is 4. The van der Waals surface area contributed by atoms with Gasteiger partial charge < -0.3 is 5.73 Å². The Hall–Kier alpha value is -2.87. The molecule has 14 heteroatoms. The van der Waals surface area contributed by atoms with Crippen molar-refractivity contribution < 1.29 is 26.0 Å². The van der Waals surface area contributed by atoms with Crippen LogP contribution in [0, 0.1) is 5.82 Å². The molecular weight excluding hydrogens is 440 g/mol. The molecule has 0 aliphatic heterocycles. The number of thiocarbonyl (C=S) groups is 1. The van der Waals surface area contributed by atoms with Crippen molar-refractivity contribution in [2.75, 3.05) is 0 Å². The summed E-state index contributed by atoms with van der Waals surface area (Å²) in [5.74, 6) is -1.33. The molecule has 8 nitrogen and oxygen atoms in total. The smallest absolute Gasteiger partial charge is 0.389 e. The lowest BCUT2D eigenvalue weighted by Crippen LogP contribution is -2.41. The van der Waals surface area contributed by atoms with Crippen molar-refractivity contribution in [1.82, 2.24) is 9.13 Å². The third kappa shape index (κ3) is 4.12.